The Bertz CT molecular complexity index is 4310. The fourth-order valence-electron chi connectivity index (χ4n) is 11.2. The number of aliphatic hydroxyl groups excluding tert-OH is 1. The molecule has 0 spiro atoms. The Morgan fingerprint density at radius 1 is 0.553 bits per heavy atom. The van der Waals surface area contributed by atoms with E-state index < -0.39 is 171 Å². The lowest BCUT2D eigenvalue weighted by Crippen LogP contribution is -2.55. The molecule has 28 nitrogen and oxygen atoms in total. The van der Waals surface area contributed by atoms with Crippen LogP contribution in [0.3, 0.4) is 0 Å². The predicted octanol–water partition coefficient (Wildman–Crippen LogP) is 4.60. The topological polar surface area (TPSA) is 462 Å². The molecule has 486 valence electrons. The second-order valence-electron chi connectivity index (χ2n) is 22.5. The number of nitrogens with two attached hydrogens (primary N) is 2. The zero-order valence-corrected chi connectivity index (χ0v) is 50.2. The second kappa shape index (κ2) is 26.3. The number of aliphatic carboxylic acids is 1. The molecule has 0 fully saturated rings. The van der Waals surface area contributed by atoms with Crippen LogP contribution < -0.4 is 62.9 Å². The Morgan fingerprint density at radius 3 is 1.82 bits per heavy atom. The Labute approximate surface area is 541 Å². The molecule has 6 aliphatic heterocycles. The van der Waals surface area contributed by atoms with Crippen LogP contribution in [-0.4, -0.2) is 113 Å². The van der Waals surface area contributed by atoms with Crippen molar-refractivity contribution < 1.29 is 93.4 Å². The van der Waals surface area contributed by atoms with Crippen molar-refractivity contribution in [1.29, 1.82) is 0 Å². The van der Waals surface area contributed by atoms with E-state index in [4.69, 9.17) is 48.9 Å². The lowest BCUT2D eigenvalue weighted by atomic mass is 9.89. The first-order valence-corrected chi connectivity index (χ1v) is 29.6. The first-order valence-electron chi connectivity index (χ1n) is 28.9. The number of halogens is 2. The van der Waals surface area contributed by atoms with E-state index in [0.717, 1.165) is 66.7 Å². The van der Waals surface area contributed by atoms with Crippen LogP contribution in [0.2, 0.25) is 10.0 Å². The highest BCUT2D eigenvalue weighted by Crippen LogP contribution is 2.48. The minimum absolute atomic E-state index is 0.0107. The molecule has 17 bridgehead atoms. The highest BCUT2D eigenvalue weighted by molar-refractivity contribution is 6.32. The van der Waals surface area contributed by atoms with E-state index in [1.807, 2.05) is 0 Å². The molecule has 0 radical (unpaired) electrons. The molecule has 7 aromatic carbocycles. The van der Waals surface area contributed by atoms with Crippen molar-refractivity contribution in [2.75, 3.05) is 6.54 Å². The van der Waals surface area contributed by atoms with Gasteiger partial charge in [-0.1, -0.05) is 53.9 Å². The first-order chi connectivity index (χ1) is 44.8. The first kappa shape index (κ1) is 64.5. The van der Waals surface area contributed by atoms with Crippen molar-refractivity contribution in [2.24, 2.45) is 11.5 Å². The van der Waals surface area contributed by atoms with Crippen LogP contribution in [0.15, 0.2) is 115 Å². The second-order valence-corrected chi connectivity index (χ2v) is 23.3. The van der Waals surface area contributed by atoms with Gasteiger partial charge in [0.2, 0.25) is 47.1 Å². The summed E-state index contributed by atoms with van der Waals surface area (Å²) in [6.07, 6.45) is -1.44. The highest BCUT2D eigenvalue weighted by Gasteiger charge is 2.42. The van der Waals surface area contributed by atoms with Crippen LogP contribution >= 0.6 is 23.2 Å². The van der Waals surface area contributed by atoms with Crippen LogP contribution in [0.1, 0.15) is 94.5 Å². The number of hydrogen-bond donors (Lipinski definition) is 17. The number of fused-ring (bicyclic) bond motifs is 14. The standard InChI is InChI=1S/C64H57Cl2N9O19/c65-36-13-25-4-10-43(36)93-46-20-30-21-47(56(46)82)94-44-11-7-28(18-37(44)66)55(81)54-63(89)74-53(64(90)91)35-23-32(77)24-42(80)48(35)34-17-26(5-8-40(34)78)49(60(86)75-54)72-62(88)52(30)73-61(87)51-29-15-31(76)22-33(16-29)92-45-19-27(6-9-41(45)79)50(59(85)69-39(14-25)58(84)71-51)70-57(83)38(68)3-1-2-12-67/h4-11,13,15-24,38-39,49-55,76-82H,1-3,12,14,67-68H2,(H,69,85)(H,70,83)(H,71,84)(H,72,88)(H,73,87)(H,74,89)(H,75,86)(H,90,91)/t38-,39+,49+,50-,51-,52+,53-,54-,55+/m0/s1. The molecule has 0 saturated heterocycles. The lowest BCUT2D eigenvalue weighted by Gasteiger charge is -2.31. The minimum atomic E-state index is -2.22. The Hall–Kier alpha value is -11.0. The summed E-state index contributed by atoms with van der Waals surface area (Å²) < 4.78 is 18.6. The molecule has 13 rings (SSSR count). The SMILES string of the molecule is NCCCC[C@H](N)C(=O)N[C@@H]1C(=O)N[C@@H]2Cc3ccc(c(Cl)c3)Oc3cc4cc(c3O)Oc3ccc(cc3Cl)[C@@H](O)[C@@H]3NC(=O)[C@H](NC(=O)[C@@H]4NC(=O)[C@@H](NC2=O)c2cc(O)cc(c2)Oc2cc1ccc2O)c1ccc(O)c(c1)-c1c(O)cc(O)cc1[C@@H](C(=O)O)NC3=O. The van der Waals surface area contributed by atoms with Crippen molar-refractivity contribution in [3.05, 3.63) is 164 Å². The summed E-state index contributed by atoms with van der Waals surface area (Å²) in [6.45, 7) is 0.318. The molecule has 6 aliphatic rings. The number of carboxylic acids is 1. The van der Waals surface area contributed by atoms with E-state index in [1.165, 1.54) is 48.5 Å². The molecular weight excluding hydrogens is 1270 g/mol. The van der Waals surface area contributed by atoms with E-state index in [9.17, 15) is 60.0 Å². The highest BCUT2D eigenvalue weighted by atomic mass is 35.5. The molecule has 9 atom stereocenters. The summed E-state index contributed by atoms with van der Waals surface area (Å²) in [6, 6.07) is 6.10. The van der Waals surface area contributed by atoms with E-state index >= 15 is 19.2 Å². The average Bonchev–Trinajstić information content (AvgIpc) is 0.780. The zero-order valence-electron chi connectivity index (χ0n) is 48.7. The van der Waals surface area contributed by atoms with Gasteiger partial charge in [0.05, 0.1) is 16.1 Å². The van der Waals surface area contributed by atoms with Gasteiger partial charge in [0.1, 0.15) is 82.6 Å². The number of carbonyl (C=O) groups is 8. The third kappa shape index (κ3) is 13.2. The quantitative estimate of drug-likeness (QED) is 0.0970. The van der Waals surface area contributed by atoms with Gasteiger partial charge in [-0.05, 0) is 132 Å². The van der Waals surface area contributed by atoms with E-state index in [2.05, 4.69) is 37.2 Å². The van der Waals surface area contributed by atoms with Crippen LogP contribution in [0.25, 0.3) is 11.1 Å². The largest absolute Gasteiger partial charge is 0.508 e. The van der Waals surface area contributed by atoms with Gasteiger partial charge >= 0.3 is 5.97 Å². The van der Waals surface area contributed by atoms with Gasteiger partial charge in [0, 0.05) is 35.2 Å². The molecule has 94 heavy (non-hydrogen) atoms. The van der Waals surface area contributed by atoms with Gasteiger partial charge in [-0.25, -0.2) is 4.79 Å². The summed E-state index contributed by atoms with van der Waals surface area (Å²) in [5.74, 6) is -16.5. The smallest absolute Gasteiger partial charge is 0.330 e. The van der Waals surface area contributed by atoms with Crippen LogP contribution in [-0.2, 0) is 44.8 Å². The molecule has 0 aliphatic carbocycles. The van der Waals surface area contributed by atoms with Gasteiger partial charge in [-0.3, -0.25) is 33.6 Å². The number of aromatic hydroxyl groups is 6. The fraction of sp³-hybridized carbons (Fsp3) is 0.219. The van der Waals surface area contributed by atoms with Crippen molar-refractivity contribution in [3.8, 4) is 80.1 Å². The van der Waals surface area contributed by atoms with Crippen molar-refractivity contribution in [2.45, 2.75) is 80.1 Å². The van der Waals surface area contributed by atoms with E-state index in [0.29, 0.717) is 19.4 Å². The molecule has 30 heteroatoms. The molecule has 0 aromatic heterocycles. The maximum absolute atomic E-state index is 15.8. The maximum Gasteiger partial charge on any atom is 0.330 e. The Morgan fingerprint density at radius 2 is 1.15 bits per heavy atom. The number of benzene rings is 7. The van der Waals surface area contributed by atoms with Crippen LogP contribution in [0.4, 0.5) is 0 Å². The molecular formula is C64H57Cl2N9O19. The maximum atomic E-state index is 15.8. The predicted molar refractivity (Wildman–Crippen MR) is 330 cm³/mol. The van der Waals surface area contributed by atoms with Crippen molar-refractivity contribution in [1.82, 2.24) is 37.2 Å². The van der Waals surface area contributed by atoms with Gasteiger partial charge in [-0.2, -0.15) is 0 Å². The number of rotatable bonds is 7. The number of carbonyl (C=O) groups excluding carboxylic acids is 7. The average molecular weight is 1330 g/mol. The third-order valence-electron chi connectivity index (χ3n) is 16.0. The number of amides is 7. The summed E-state index contributed by atoms with van der Waals surface area (Å²) in [5.41, 5.74) is 9.61. The number of phenols is 6. The molecule has 7 amide bonds. The summed E-state index contributed by atoms with van der Waals surface area (Å²) in [7, 11) is 0. The number of carboxylic acid groups (broad SMARTS) is 1. The molecule has 0 saturated carbocycles. The minimum Gasteiger partial charge on any atom is -0.508 e. The van der Waals surface area contributed by atoms with Gasteiger partial charge in [-0.15, -0.1) is 0 Å². The summed E-state index contributed by atoms with van der Waals surface area (Å²) >= 11 is 13.8. The number of phenolic OH excluding ortho intramolecular Hbond substituents is 6. The van der Waals surface area contributed by atoms with Gasteiger partial charge in [0.15, 0.2) is 29.0 Å². The lowest BCUT2D eigenvalue weighted by molar-refractivity contribution is -0.143. The Balaban J connectivity index is 1.11. The number of ether oxygens (including phenoxy) is 3. The number of aliphatic hydroxyl groups is 1. The number of unbranched alkanes of at least 4 members (excludes halogenated alkanes) is 1. The molecule has 6 heterocycles. The van der Waals surface area contributed by atoms with E-state index in [1.54, 1.807) is 0 Å². The van der Waals surface area contributed by atoms with Gasteiger partial charge in [0.25, 0.3) is 0 Å². The van der Waals surface area contributed by atoms with Crippen molar-refractivity contribution >= 4 is 70.5 Å². The molecule has 0 unspecified atom stereocenters. The molecule has 19 N–H and O–H groups in total. The number of hydrogen-bond acceptors (Lipinski definition) is 20. The van der Waals surface area contributed by atoms with E-state index in [-0.39, 0.29) is 72.8 Å². The van der Waals surface area contributed by atoms with Crippen LogP contribution in [0, 0.1) is 0 Å². The van der Waals surface area contributed by atoms with Crippen molar-refractivity contribution in [3.63, 3.8) is 0 Å². The normalized spacial score (nSPS) is 21.3. The summed E-state index contributed by atoms with van der Waals surface area (Å²) in [4.78, 5) is 119. The van der Waals surface area contributed by atoms with Gasteiger partial charge < -0.3 is 104 Å². The monoisotopic (exact) mass is 1330 g/mol. The third-order valence-corrected chi connectivity index (χ3v) is 16.6. The fourth-order valence-corrected chi connectivity index (χ4v) is 11.7. The van der Waals surface area contributed by atoms with Crippen LogP contribution in [0.5, 0.6) is 69.0 Å². The molecule has 7 aromatic rings. The summed E-state index contributed by atoms with van der Waals surface area (Å²) in [5, 5.41) is 108. The Kier molecular flexibility index (Phi) is 18.0. The number of nitrogens with one attached hydrogen (secondary N) is 7. The zero-order chi connectivity index (χ0) is 67.1.